The molecule has 3 aromatic carbocycles. The molecule has 0 unspecified atom stereocenters. The van der Waals surface area contributed by atoms with Crippen LogP contribution in [0, 0.1) is 11.7 Å². The molecule has 0 spiro atoms. The number of amides is 2. The van der Waals surface area contributed by atoms with Crippen LogP contribution in [-0.4, -0.2) is 17.9 Å². The maximum absolute atomic E-state index is 14.8. The lowest BCUT2D eigenvalue weighted by atomic mass is 9.90. The molecule has 9 heteroatoms. The number of benzene rings is 3. The smallest absolute Gasteiger partial charge is 0.273 e. The second-order valence-electron chi connectivity index (χ2n) is 7.71. The lowest BCUT2D eigenvalue weighted by Crippen LogP contribution is -2.38. The quantitative estimate of drug-likeness (QED) is 0.416. The minimum absolute atomic E-state index is 0.0981. The molecule has 0 radical (unpaired) electrons. The van der Waals surface area contributed by atoms with E-state index in [1.165, 1.54) is 35.4 Å². The molecule has 3 atom stereocenters. The molecule has 5 nitrogen and oxygen atoms in total. The molecule has 2 heterocycles. The summed E-state index contributed by atoms with van der Waals surface area (Å²) in [5.74, 6) is -3.67. The van der Waals surface area contributed by atoms with E-state index in [1.807, 2.05) is 0 Å². The van der Waals surface area contributed by atoms with Crippen LogP contribution in [-0.2, 0) is 20.6 Å². The van der Waals surface area contributed by atoms with Gasteiger partial charge in [-0.25, -0.2) is 14.4 Å². The number of para-hydroxylation sites is 2. The maximum atomic E-state index is 14.8. The van der Waals surface area contributed by atoms with Crippen molar-refractivity contribution < 1.29 is 32.0 Å². The second-order valence-corrected chi connectivity index (χ2v) is 7.71. The molecule has 0 saturated carbocycles. The van der Waals surface area contributed by atoms with Crippen molar-refractivity contribution in [2.75, 3.05) is 9.96 Å². The number of anilines is 2. The van der Waals surface area contributed by atoms with Crippen molar-refractivity contribution >= 4 is 23.2 Å². The first-order valence-electron chi connectivity index (χ1n) is 10.1. The van der Waals surface area contributed by atoms with Crippen molar-refractivity contribution in [2.45, 2.75) is 18.3 Å². The van der Waals surface area contributed by atoms with Gasteiger partial charge in [0.2, 0.25) is 5.91 Å². The monoisotopic (exact) mass is 456 g/mol. The molecule has 0 bridgehead atoms. The summed E-state index contributed by atoms with van der Waals surface area (Å²) in [5, 5.41) is 1.29. The number of carbonyl (C=O) groups excluding carboxylic acids is 2. The Hall–Kier alpha value is -3.72. The molecular formula is C24H16F4N2O3. The zero-order chi connectivity index (χ0) is 23.3. The van der Waals surface area contributed by atoms with Crippen molar-refractivity contribution in [3.8, 4) is 0 Å². The van der Waals surface area contributed by atoms with Gasteiger partial charge in [0, 0.05) is 5.56 Å². The number of alkyl halides is 3. The van der Waals surface area contributed by atoms with E-state index in [9.17, 15) is 27.2 Å². The normalized spacial score (nSPS) is 22.7. The summed E-state index contributed by atoms with van der Waals surface area (Å²) >= 11 is 0. The standard InChI is InChI=1S/C24H16F4N2O3/c25-17-12-6-4-10-15(17)20-19-21(33-30(20)14-8-2-1-3-9-14)23(32)29(22(19)31)18-13-7-5-11-16(18)24(26,27)28/h1-13,19-21H/t19-,20-,21+/m0/s1. The van der Waals surface area contributed by atoms with Crippen LogP contribution in [0.3, 0.4) is 0 Å². The first kappa shape index (κ1) is 21.1. The number of fused-ring (bicyclic) bond motifs is 1. The van der Waals surface area contributed by atoms with Crippen molar-refractivity contribution in [3.05, 3.63) is 95.8 Å². The summed E-state index contributed by atoms with van der Waals surface area (Å²) in [5.41, 5.74) is -1.12. The summed E-state index contributed by atoms with van der Waals surface area (Å²) in [4.78, 5) is 33.0. The Labute approximate surface area is 185 Å². The average molecular weight is 456 g/mol. The minimum Gasteiger partial charge on any atom is -0.273 e. The van der Waals surface area contributed by atoms with Crippen molar-refractivity contribution in [1.29, 1.82) is 0 Å². The summed E-state index contributed by atoms with van der Waals surface area (Å²) in [6.07, 6.45) is -6.18. The zero-order valence-electron chi connectivity index (χ0n) is 16.9. The van der Waals surface area contributed by atoms with Gasteiger partial charge in [-0.2, -0.15) is 13.2 Å². The number of carbonyl (C=O) groups is 2. The second kappa shape index (κ2) is 7.70. The Morgan fingerprint density at radius 1 is 0.788 bits per heavy atom. The highest BCUT2D eigenvalue weighted by Crippen LogP contribution is 2.49. The number of hydroxylamine groups is 1. The molecule has 3 aromatic rings. The Bertz CT molecular complexity index is 1230. The van der Waals surface area contributed by atoms with Crippen LogP contribution in [0.4, 0.5) is 28.9 Å². The minimum atomic E-state index is -4.78. The van der Waals surface area contributed by atoms with Gasteiger partial charge in [-0.15, -0.1) is 0 Å². The van der Waals surface area contributed by atoms with Gasteiger partial charge in [0.15, 0.2) is 6.10 Å². The Morgan fingerprint density at radius 3 is 2.12 bits per heavy atom. The molecule has 2 fully saturated rings. The van der Waals surface area contributed by atoms with Crippen molar-refractivity contribution in [2.24, 2.45) is 5.92 Å². The third-order valence-corrected chi connectivity index (χ3v) is 5.80. The van der Waals surface area contributed by atoms with E-state index in [1.54, 1.807) is 36.4 Å². The van der Waals surface area contributed by atoms with Gasteiger partial charge in [-0.3, -0.25) is 14.4 Å². The van der Waals surface area contributed by atoms with E-state index < -0.39 is 53.1 Å². The fraction of sp³-hybridized carbons (Fsp3) is 0.167. The lowest BCUT2D eigenvalue weighted by Gasteiger charge is -2.29. The molecule has 2 amide bonds. The number of hydrogen-bond donors (Lipinski definition) is 0. The van der Waals surface area contributed by atoms with Crippen LogP contribution in [0.25, 0.3) is 0 Å². The predicted octanol–water partition coefficient (Wildman–Crippen LogP) is 4.90. The van der Waals surface area contributed by atoms with E-state index in [2.05, 4.69) is 0 Å². The molecule has 0 aliphatic carbocycles. The Morgan fingerprint density at radius 2 is 1.42 bits per heavy atom. The average Bonchev–Trinajstić information content (AvgIpc) is 3.30. The van der Waals surface area contributed by atoms with Gasteiger partial charge in [-0.05, 0) is 30.3 Å². The van der Waals surface area contributed by atoms with Crippen LogP contribution >= 0.6 is 0 Å². The number of hydrogen-bond acceptors (Lipinski definition) is 4. The van der Waals surface area contributed by atoms with Crippen molar-refractivity contribution in [1.82, 2.24) is 0 Å². The highest BCUT2D eigenvalue weighted by atomic mass is 19.4. The molecule has 2 aliphatic heterocycles. The maximum Gasteiger partial charge on any atom is 0.418 e. The highest BCUT2D eigenvalue weighted by Gasteiger charge is 2.61. The van der Waals surface area contributed by atoms with Crippen LogP contribution in [0.2, 0.25) is 0 Å². The van der Waals surface area contributed by atoms with E-state index in [-0.39, 0.29) is 5.56 Å². The Kier molecular flexibility index (Phi) is 4.93. The molecule has 168 valence electrons. The van der Waals surface area contributed by atoms with Gasteiger partial charge in [0.05, 0.1) is 23.0 Å². The van der Waals surface area contributed by atoms with Crippen LogP contribution in [0.1, 0.15) is 17.2 Å². The molecule has 2 saturated heterocycles. The summed E-state index contributed by atoms with van der Waals surface area (Å²) in [7, 11) is 0. The van der Waals surface area contributed by atoms with Gasteiger partial charge >= 0.3 is 6.18 Å². The first-order chi connectivity index (χ1) is 15.8. The largest absolute Gasteiger partial charge is 0.418 e. The highest BCUT2D eigenvalue weighted by molar-refractivity contribution is 6.24. The van der Waals surface area contributed by atoms with Gasteiger partial charge in [-0.1, -0.05) is 48.5 Å². The molecule has 33 heavy (non-hydrogen) atoms. The third-order valence-electron chi connectivity index (χ3n) is 5.80. The number of imide groups is 1. The first-order valence-corrected chi connectivity index (χ1v) is 10.1. The summed E-state index contributed by atoms with van der Waals surface area (Å²) in [6.45, 7) is 0. The lowest BCUT2D eigenvalue weighted by molar-refractivity contribution is -0.137. The van der Waals surface area contributed by atoms with Crippen LogP contribution in [0.15, 0.2) is 78.9 Å². The van der Waals surface area contributed by atoms with Crippen LogP contribution in [0.5, 0.6) is 0 Å². The molecule has 0 aromatic heterocycles. The topological polar surface area (TPSA) is 49.9 Å². The fourth-order valence-corrected chi connectivity index (χ4v) is 4.39. The van der Waals surface area contributed by atoms with Gasteiger partial charge < -0.3 is 0 Å². The Balaban J connectivity index is 1.62. The number of rotatable bonds is 3. The summed E-state index contributed by atoms with van der Waals surface area (Å²) in [6, 6.07) is 17.5. The van der Waals surface area contributed by atoms with Crippen LogP contribution < -0.4 is 9.96 Å². The molecule has 0 N–H and O–H groups in total. The SMILES string of the molecule is O=C1[C@@H]2[C@@H](ON(c3ccccc3)[C@H]2c2ccccc2F)C(=O)N1c1ccccc1C(F)(F)F. The van der Waals surface area contributed by atoms with E-state index in [0.29, 0.717) is 10.6 Å². The van der Waals surface area contributed by atoms with E-state index in [0.717, 1.165) is 12.1 Å². The third kappa shape index (κ3) is 3.36. The van der Waals surface area contributed by atoms with Gasteiger partial charge in [0.25, 0.3) is 5.91 Å². The predicted molar refractivity (Wildman–Crippen MR) is 110 cm³/mol. The number of nitrogens with zero attached hydrogens (tertiary/aromatic N) is 2. The van der Waals surface area contributed by atoms with E-state index >= 15 is 0 Å². The summed E-state index contributed by atoms with van der Waals surface area (Å²) < 4.78 is 55.6. The number of halogens is 4. The fourth-order valence-electron chi connectivity index (χ4n) is 4.39. The van der Waals surface area contributed by atoms with Gasteiger partial charge in [0.1, 0.15) is 11.7 Å². The zero-order valence-corrected chi connectivity index (χ0v) is 16.9. The molecular weight excluding hydrogens is 440 g/mol. The molecule has 2 aliphatic rings. The van der Waals surface area contributed by atoms with E-state index in [4.69, 9.17) is 4.84 Å². The van der Waals surface area contributed by atoms with Crippen molar-refractivity contribution in [3.63, 3.8) is 0 Å². The molecule has 5 rings (SSSR count).